The number of hydrogen-bond acceptors (Lipinski definition) is 1. The number of fused-ring (bicyclic) bond motifs is 7. The number of benzene rings is 10. The Labute approximate surface area is 321 Å². The first-order chi connectivity index (χ1) is 29.3. The van der Waals surface area contributed by atoms with Gasteiger partial charge in [0.25, 0.3) is 0 Å². The van der Waals surface area contributed by atoms with Crippen molar-refractivity contribution in [2.24, 2.45) is 0 Å². The molecule has 0 saturated heterocycles. The van der Waals surface area contributed by atoms with Crippen LogP contribution < -0.4 is 0 Å². The Hall–Kier alpha value is -6.96. The highest BCUT2D eigenvalue weighted by molar-refractivity contribution is 6.15. The van der Waals surface area contributed by atoms with Gasteiger partial charge >= 0.3 is 0 Å². The summed E-state index contributed by atoms with van der Waals surface area (Å²) in [4.78, 5) is 0. The summed E-state index contributed by atoms with van der Waals surface area (Å²) in [5.41, 5.74) is 7.88. The van der Waals surface area contributed by atoms with Gasteiger partial charge in [0, 0.05) is 10.8 Å². The zero-order valence-corrected chi connectivity index (χ0v) is 29.1. The Bertz CT molecular complexity index is 3530. The van der Waals surface area contributed by atoms with Crippen LogP contribution >= 0.6 is 0 Å². The third-order valence-electron chi connectivity index (χ3n) is 10.9. The van der Waals surface area contributed by atoms with E-state index in [0.717, 1.165) is 70.9 Å². The van der Waals surface area contributed by atoms with E-state index in [1.165, 1.54) is 0 Å². The molecule has 0 N–H and O–H groups in total. The fourth-order valence-electron chi connectivity index (χ4n) is 8.42. The molecule has 1 aromatic heterocycles. The van der Waals surface area contributed by atoms with Crippen LogP contribution in [0, 0.1) is 0 Å². The minimum absolute atomic E-state index is 0.0697. The maximum Gasteiger partial charge on any atom is 0.136 e. The molecule has 0 aliphatic carbocycles. The van der Waals surface area contributed by atoms with Gasteiger partial charge in [-0.1, -0.05) is 170 Å². The van der Waals surface area contributed by atoms with Crippen molar-refractivity contribution in [3.05, 3.63) is 205 Å². The fraction of sp³-hybridized carbons (Fsp3) is 0.0189. The largest absolute Gasteiger partial charge is 0.456 e. The second-order valence-electron chi connectivity index (χ2n) is 13.9. The van der Waals surface area contributed by atoms with Gasteiger partial charge in [0.2, 0.25) is 0 Å². The van der Waals surface area contributed by atoms with Gasteiger partial charge in [0.1, 0.15) is 11.2 Å². The zero-order valence-electron chi connectivity index (χ0n) is 35.1. The molecule has 0 radical (unpaired) electrons. The van der Waals surface area contributed by atoms with E-state index < -0.39 is 0 Å². The van der Waals surface area contributed by atoms with Crippen molar-refractivity contribution in [3.63, 3.8) is 0 Å². The molecule has 11 rings (SSSR count). The molecule has 0 spiro atoms. The zero-order chi connectivity index (χ0) is 40.8. The van der Waals surface area contributed by atoms with Crippen LogP contribution in [0.4, 0.5) is 0 Å². The van der Waals surface area contributed by atoms with E-state index in [1.54, 1.807) is 0 Å². The van der Waals surface area contributed by atoms with E-state index in [0.29, 0.717) is 27.9 Å². The topological polar surface area (TPSA) is 13.1 Å². The normalized spacial score (nSPS) is 13.3. The van der Waals surface area contributed by atoms with Gasteiger partial charge in [-0.25, -0.2) is 0 Å². The van der Waals surface area contributed by atoms with Crippen LogP contribution in [0.1, 0.15) is 19.4 Å². The molecule has 0 aliphatic heterocycles. The van der Waals surface area contributed by atoms with Crippen LogP contribution in [-0.2, 0) is 6.42 Å². The SMILES string of the molecule is [2H]c1c([2H])c([2H])c2c(-c3ccc4oc5cc(-c6cccc7ccccc67)ccc5c4c3)c([2H])c([2H])c(Cc3c4ccccc4c(-c4ccccc4)c4ccccc34)c2c1[2H]. The van der Waals surface area contributed by atoms with Gasteiger partial charge in [0.15, 0.2) is 0 Å². The molecule has 11 aromatic rings. The Kier molecular flexibility index (Phi) is 5.73. The smallest absolute Gasteiger partial charge is 0.136 e. The summed E-state index contributed by atoms with van der Waals surface area (Å²) >= 11 is 0. The summed E-state index contributed by atoms with van der Waals surface area (Å²) in [7, 11) is 0. The highest BCUT2D eigenvalue weighted by Gasteiger charge is 2.18. The van der Waals surface area contributed by atoms with Crippen molar-refractivity contribution < 1.29 is 12.6 Å². The average molecular weight is 693 g/mol. The third kappa shape index (κ3) is 4.86. The molecular weight excluding hydrogens is 653 g/mol. The highest BCUT2D eigenvalue weighted by Crippen LogP contribution is 2.42. The predicted octanol–water partition coefficient (Wildman–Crippen LogP) is 14.8. The summed E-state index contributed by atoms with van der Waals surface area (Å²) in [5.74, 6) is 0. The van der Waals surface area contributed by atoms with Crippen LogP contribution in [0.2, 0.25) is 0 Å². The van der Waals surface area contributed by atoms with Gasteiger partial charge in [-0.15, -0.1) is 0 Å². The first kappa shape index (κ1) is 25.1. The van der Waals surface area contributed by atoms with Gasteiger partial charge in [-0.3, -0.25) is 0 Å². The number of rotatable bonds is 5. The maximum absolute atomic E-state index is 9.67. The van der Waals surface area contributed by atoms with Crippen LogP contribution in [0.3, 0.4) is 0 Å². The lowest BCUT2D eigenvalue weighted by atomic mass is 9.85. The Balaban J connectivity index is 1.13. The monoisotopic (exact) mass is 692 g/mol. The van der Waals surface area contributed by atoms with E-state index in [2.05, 4.69) is 78.9 Å². The van der Waals surface area contributed by atoms with Crippen molar-refractivity contribution >= 4 is 65.0 Å². The van der Waals surface area contributed by atoms with Crippen LogP contribution in [0.5, 0.6) is 0 Å². The molecule has 54 heavy (non-hydrogen) atoms. The summed E-state index contributed by atoms with van der Waals surface area (Å²) in [6.07, 6.45) is 0.185. The van der Waals surface area contributed by atoms with Gasteiger partial charge < -0.3 is 4.42 Å². The van der Waals surface area contributed by atoms with Crippen LogP contribution in [-0.4, -0.2) is 0 Å². The van der Waals surface area contributed by atoms with E-state index in [1.807, 2.05) is 78.9 Å². The van der Waals surface area contributed by atoms with E-state index >= 15 is 0 Å². The molecule has 0 atom stereocenters. The van der Waals surface area contributed by atoms with Crippen LogP contribution in [0.25, 0.3) is 98.4 Å². The Morgan fingerprint density at radius 3 is 1.83 bits per heavy atom. The van der Waals surface area contributed by atoms with Crippen molar-refractivity contribution in [2.45, 2.75) is 6.42 Å². The standard InChI is InChI=1S/C53H34O/c1-2-14-35(15-3-1)53-47-22-10-8-20-44(47)49(45-21-9-11-23-48(45)53)31-36-25-28-42(43-19-7-6-18-41(36)43)37-27-30-51-50(32-37)46-29-26-38(33-52(46)54-51)40-24-12-16-34-13-4-5-17-39(34)40/h1-30,32-33H,31H2/i6D,7D,18D,19D,25D,28D. The second kappa shape index (κ2) is 12.3. The molecule has 1 heterocycles. The van der Waals surface area contributed by atoms with Crippen molar-refractivity contribution in [1.29, 1.82) is 0 Å². The number of hydrogen-bond donors (Lipinski definition) is 0. The molecule has 0 unspecified atom stereocenters. The van der Waals surface area contributed by atoms with E-state index in [4.69, 9.17) is 7.16 Å². The second-order valence-corrected chi connectivity index (χ2v) is 13.9. The first-order valence-corrected chi connectivity index (χ1v) is 18.2. The quantitative estimate of drug-likeness (QED) is 0.164. The highest BCUT2D eigenvalue weighted by atomic mass is 16.3. The lowest BCUT2D eigenvalue weighted by Crippen LogP contribution is -1.97. The summed E-state index contributed by atoms with van der Waals surface area (Å²) in [6.45, 7) is 0. The first-order valence-electron chi connectivity index (χ1n) is 21.2. The Morgan fingerprint density at radius 2 is 1.04 bits per heavy atom. The summed E-state index contributed by atoms with van der Waals surface area (Å²) in [5, 5.41) is 8.55. The van der Waals surface area contributed by atoms with Crippen LogP contribution in [0.15, 0.2) is 198 Å². The number of furan rings is 1. The van der Waals surface area contributed by atoms with Crippen molar-refractivity contribution in [2.75, 3.05) is 0 Å². The average Bonchev–Trinajstić information content (AvgIpc) is 3.66. The molecule has 0 amide bonds. The molecule has 0 fully saturated rings. The predicted molar refractivity (Wildman–Crippen MR) is 229 cm³/mol. The lowest BCUT2D eigenvalue weighted by Gasteiger charge is -2.18. The van der Waals surface area contributed by atoms with Gasteiger partial charge in [-0.05, 0) is 118 Å². The molecule has 1 heteroatoms. The minimum Gasteiger partial charge on any atom is -0.456 e. The molecule has 0 bridgehead atoms. The summed E-state index contributed by atoms with van der Waals surface area (Å²) < 4.78 is 62.0. The minimum atomic E-state index is -0.379. The van der Waals surface area contributed by atoms with Crippen molar-refractivity contribution in [3.8, 4) is 33.4 Å². The Morgan fingerprint density at radius 1 is 0.389 bits per heavy atom. The molecule has 252 valence electrons. The molecule has 10 aromatic carbocycles. The van der Waals surface area contributed by atoms with Crippen molar-refractivity contribution in [1.82, 2.24) is 0 Å². The fourth-order valence-corrected chi connectivity index (χ4v) is 8.42. The van der Waals surface area contributed by atoms with E-state index in [-0.39, 0.29) is 53.4 Å². The molecule has 1 nitrogen and oxygen atoms in total. The molecule has 0 aliphatic rings. The summed E-state index contributed by atoms with van der Waals surface area (Å²) in [6, 6.07) is 51.7. The maximum atomic E-state index is 9.67. The van der Waals surface area contributed by atoms with Gasteiger partial charge in [0.05, 0.1) is 8.22 Å². The molecular formula is C53H34O. The third-order valence-corrected chi connectivity index (χ3v) is 10.9. The van der Waals surface area contributed by atoms with E-state index in [9.17, 15) is 5.48 Å². The molecule has 0 saturated carbocycles. The van der Waals surface area contributed by atoms with Gasteiger partial charge in [-0.2, -0.15) is 0 Å². The lowest BCUT2D eigenvalue weighted by molar-refractivity contribution is 0.669.